The minimum atomic E-state index is -0.677. The second-order valence-corrected chi connectivity index (χ2v) is 18.0. The van der Waals surface area contributed by atoms with Gasteiger partial charge in [-0.1, -0.05) is 81.8 Å². The van der Waals surface area contributed by atoms with Gasteiger partial charge in [0, 0.05) is 12.5 Å². The van der Waals surface area contributed by atoms with Crippen LogP contribution in [0.25, 0.3) is 0 Å². The van der Waals surface area contributed by atoms with E-state index in [1.807, 2.05) is 44.2 Å². The topological polar surface area (TPSA) is 137 Å². The number of hydrogen-bond donors (Lipinski definition) is 2. The van der Waals surface area contributed by atoms with Crippen molar-refractivity contribution in [3.63, 3.8) is 0 Å². The highest BCUT2D eigenvalue weighted by molar-refractivity contribution is 6.05. The quantitative estimate of drug-likeness (QED) is 0.0756. The van der Waals surface area contributed by atoms with Crippen LogP contribution in [0.2, 0.25) is 0 Å². The molecule has 308 valence electrons. The Bertz CT molecular complexity index is 1900. The van der Waals surface area contributed by atoms with E-state index in [9.17, 15) is 24.3 Å². The number of aliphatic hydroxyl groups excluding tert-OH is 1. The zero-order valence-corrected chi connectivity index (χ0v) is 34.9. The molecule has 2 aromatic rings. The number of hydrogen-bond acceptors (Lipinski definition) is 9. The first-order valence-corrected chi connectivity index (χ1v) is 20.6. The van der Waals surface area contributed by atoms with Gasteiger partial charge in [0.2, 0.25) is 0 Å². The fraction of sp³-hybridized carbons (Fsp3) is 0.574. The predicted octanol–water partition coefficient (Wildman–Crippen LogP) is 8.48. The molecule has 4 aliphatic carbocycles. The number of carbonyl (C=O) groups excluding carboxylic acids is 4. The van der Waals surface area contributed by atoms with Crippen molar-refractivity contribution in [2.75, 3.05) is 7.11 Å². The molecule has 0 unspecified atom stereocenters. The lowest BCUT2D eigenvalue weighted by Gasteiger charge is -2.69. The zero-order valence-electron chi connectivity index (χ0n) is 34.9. The number of rotatable bonds is 11. The molecule has 4 saturated carbocycles. The molecular formula is C47H61NO9. The van der Waals surface area contributed by atoms with Crippen LogP contribution in [0.1, 0.15) is 126 Å². The van der Waals surface area contributed by atoms with Gasteiger partial charge in [-0.15, -0.1) is 0 Å². The molecule has 10 nitrogen and oxygen atoms in total. The fourth-order valence-corrected chi connectivity index (χ4v) is 11.9. The molecular weight excluding hydrogens is 723 g/mol. The maximum atomic E-state index is 14.2. The number of nitrogens with one attached hydrogen (secondary N) is 1. The molecule has 4 aliphatic rings. The van der Waals surface area contributed by atoms with Gasteiger partial charge in [0.25, 0.3) is 5.91 Å². The highest BCUT2D eigenvalue weighted by Gasteiger charge is 2.71. The molecule has 4 fully saturated rings. The van der Waals surface area contributed by atoms with Crippen molar-refractivity contribution in [1.29, 1.82) is 0 Å². The van der Waals surface area contributed by atoms with E-state index in [1.165, 1.54) is 14.0 Å². The molecule has 0 radical (unpaired) electrons. The van der Waals surface area contributed by atoms with E-state index in [2.05, 4.69) is 39.3 Å². The predicted molar refractivity (Wildman–Crippen MR) is 215 cm³/mol. The molecule has 1 amide bonds. The van der Waals surface area contributed by atoms with E-state index in [4.69, 9.17) is 19.0 Å². The van der Waals surface area contributed by atoms with Gasteiger partial charge in [-0.05, 0) is 128 Å². The Morgan fingerprint density at radius 2 is 1.58 bits per heavy atom. The molecule has 2 aromatic carbocycles. The molecule has 10 heteroatoms. The van der Waals surface area contributed by atoms with E-state index in [1.54, 1.807) is 24.3 Å². The van der Waals surface area contributed by atoms with E-state index in [0.717, 1.165) is 36.0 Å². The van der Waals surface area contributed by atoms with Crippen LogP contribution in [0.3, 0.4) is 0 Å². The Balaban J connectivity index is 1.31. The van der Waals surface area contributed by atoms with Crippen molar-refractivity contribution in [3.8, 4) is 0 Å². The van der Waals surface area contributed by atoms with Crippen LogP contribution >= 0.6 is 0 Å². The SMILES string of the molecule is CONC(=O)c1ccccc1C(=O)O[C@@H]1CC[C@@]2(C)[C@@H](CC[C@@]3(C)[C@H]2[C@H](O)C[C@H]2/C(=C(\CCC=C(C)C)C(=O)OCc4ccccc4)[C@@H](OC(C)=O)C[C@@]23C)[C@@H]1C. The molecule has 2 N–H and O–H groups in total. The number of amides is 1. The lowest BCUT2D eigenvalue weighted by molar-refractivity contribution is -0.234. The third-order valence-electron chi connectivity index (χ3n) is 14.6. The Morgan fingerprint density at radius 3 is 2.25 bits per heavy atom. The number of hydroxylamine groups is 1. The van der Waals surface area contributed by atoms with Crippen molar-refractivity contribution in [3.05, 3.63) is 94.1 Å². The van der Waals surface area contributed by atoms with Gasteiger partial charge in [0.15, 0.2) is 0 Å². The molecule has 10 atom stereocenters. The summed E-state index contributed by atoms with van der Waals surface area (Å²) in [7, 11) is 1.34. The molecule has 0 saturated heterocycles. The number of benzene rings is 2. The lowest BCUT2D eigenvalue weighted by atomic mass is 9.36. The summed E-state index contributed by atoms with van der Waals surface area (Å²) < 4.78 is 18.4. The summed E-state index contributed by atoms with van der Waals surface area (Å²) in [5.41, 5.74) is 5.01. The number of allylic oxidation sites excluding steroid dienone is 2. The Labute approximate surface area is 337 Å². The van der Waals surface area contributed by atoms with Gasteiger partial charge >= 0.3 is 17.9 Å². The minimum absolute atomic E-state index is 0.00355. The van der Waals surface area contributed by atoms with Gasteiger partial charge in [0.1, 0.15) is 18.8 Å². The summed E-state index contributed by atoms with van der Waals surface area (Å²) >= 11 is 0. The van der Waals surface area contributed by atoms with Crippen LogP contribution in [0.15, 0.2) is 77.4 Å². The summed E-state index contributed by atoms with van der Waals surface area (Å²) in [5, 5.41) is 12.5. The van der Waals surface area contributed by atoms with Crippen molar-refractivity contribution in [2.45, 2.75) is 125 Å². The Hall–Kier alpha value is -4.28. The average molecular weight is 784 g/mol. The van der Waals surface area contributed by atoms with Crippen molar-refractivity contribution in [1.82, 2.24) is 5.48 Å². The monoisotopic (exact) mass is 783 g/mol. The largest absolute Gasteiger partial charge is 0.458 e. The first-order valence-electron chi connectivity index (χ1n) is 20.6. The Kier molecular flexibility index (Phi) is 12.6. The van der Waals surface area contributed by atoms with Gasteiger partial charge in [-0.3, -0.25) is 14.4 Å². The summed E-state index contributed by atoms with van der Waals surface area (Å²) in [5.74, 6) is -1.99. The molecule has 0 bridgehead atoms. The van der Waals surface area contributed by atoms with E-state index < -0.39 is 41.4 Å². The molecule has 6 rings (SSSR count). The summed E-state index contributed by atoms with van der Waals surface area (Å²) in [4.78, 5) is 58.1. The molecule has 0 spiro atoms. The number of esters is 3. The van der Waals surface area contributed by atoms with Crippen LogP contribution in [-0.2, 0) is 35.2 Å². The van der Waals surface area contributed by atoms with E-state index in [0.29, 0.717) is 37.7 Å². The third-order valence-corrected chi connectivity index (χ3v) is 14.6. The van der Waals surface area contributed by atoms with Gasteiger partial charge in [0.05, 0.1) is 24.3 Å². The number of ether oxygens (including phenoxy) is 3. The minimum Gasteiger partial charge on any atom is -0.458 e. The van der Waals surface area contributed by atoms with Crippen LogP contribution in [0, 0.1) is 39.9 Å². The number of aliphatic hydroxyl groups is 1. The van der Waals surface area contributed by atoms with E-state index >= 15 is 0 Å². The molecule has 0 aromatic heterocycles. The van der Waals surface area contributed by atoms with Crippen LogP contribution in [-0.4, -0.2) is 54.3 Å². The summed E-state index contributed by atoms with van der Waals surface area (Å²) in [6, 6.07) is 16.2. The summed E-state index contributed by atoms with van der Waals surface area (Å²) in [6.07, 6.45) is 5.58. The van der Waals surface area contributed by atoms with Gasteiger partial charge in [-0.25, -0.2) is 15.1 Å². The maximum Gasteiger partial charge on any atom is 0.339 e. The van der Waals surface area contributed by atoms with Gasteiger partial charge < -0.3 is 19.3 Å². The van der Waals surface area contributed by atoms with E-state index in [-0.39, 0.29) is 58.3 Å². The summed E-state index contributed by atoms with van der Waals surface area (Å²) in [6.45, 7) is 14.7. The van der Waals surface area contributed by atoms with Crippen LogP contribution < -0.4 is 5.48 Å². The smallest absolute Gasteiger partial charge is 0.339 e. The second-order valence-electron chi connectivity index (χ2n) is 18.0. The fourth-order valence-electron chi connectivity index (χ4n) is 11.9. The third kappa shape index (κ3) is 7.96. The maximum absolute atomic E-state index is 14.2. The molecule has 0 heterocycles. The second kappa shape index (κ2) is 16.9. The van der Waals surface area contributed by atoms with Crippen molar-refractivity contribution < 1.29 is 43.3 Å². The average Bonchev–Trinajstić information content (AvgIpc) is 3.44. The van der Waals surface area contributed by atoms with Crippen LogP contribution in [0.5, 0.6) is 0 Å². The van der Waals surface area contributed by atoms with Gasteiger partial charge in [-0.2, -0.15) is 0 Å². The number of fused-ring (bicyclic) bond motifs is 5. The standard InChI is InChI=1S/C47H61NO9/c1-28(2)15-14-20-34(43(52)55-27-31-16-10-9-11-17-31)40-36-25-37(50)41-45(5)23-22-38(57-44(53)33-19-13-12-18-32(33)42(51)48-54-8)29(3)35(45)21-24-46(41,6)47(36,7)26-39(40)56-30(4)49/h9-13,15-19,29,35-39,41,50H,14,20-27H2,1-8H3,(H,48,51)/b40-34-/t29-,35-,36-,37+,38+,39-,41-,45-,46-,47-/m0/s1. The highest BCUT2D eigenvalue weighted by atomic mass is 16.6. The number of carbonyl (C=O) groups is 4. The molecule has 0 aliphatic heterocycles. The zero-order chi connectivity index (χ0) is 41.3. The van der Waals surface area contributed by atoms with Crippen molar-refractivity contribution >= 4 is 23.8 Å². The highest BCUT2D eigenvalue weighted by Crippen LogP contribution is 2.74. The first-order chi connectivity index (χ1) is 27.1. The normalized spacial score (nSPS) is 33.7. The van der Waals surface area contributed by atoms with Crippen LogP contribution in [0.4, 0.5) is 0 Å². The van der Waals surface area contributed by atoms with Crippen molar-refractivity contribution in [2.24, 2.45) is 39.9 Å². The molecule has 57 heavy (non-hydrogen) atoms. The Morgan fingerprint density at radius 1 is 0.895 bits per heavy atom. The lowest BCUT2D eigenvalue weighted by Crippen LogP contribution is -2.65. The first kappa shape index (κ1) is 42.3.